The number of rotatable bonds is 3. The topological polar surface area (TPSA) is 55.8 Å². The molecule has 2 bridgehead atoms. The second-order valence-corrected chi connectivity index (χ2v) is 8.24. The first-order valence-electron chi connectivity index (χ1n) is 8.00. The fraction of sp³-hybridized carbons (Fsp3) is 0.529. The summed E-state index contributed by atoms with van der Waals surface area (Å²) in [5, 5.41) is 0. The molecule has 1 aromatic rings. The number of ether oxygens (including phenoxy) is 2. The zero-order valence-corrected chi connectivity index (χ0v) is 17.2. The Morgan fingerprint density at radius 3 is 2.88 bits per heavy atom. The van der Waals surface area contributed by atoms with Crippen LogP contribution in [0.25, 0.3) is 0 Å². The van der Waals surface area contributed by atoms with Gasteiger partial charge in [0.25, 0.3) is 0 Å². The van der Waals surface area contributed by atoms with Gasteiger partial charge in [0.2, 0.25) is 0 Å². The monoisotopic (exact) mass is 507 g/mol. The van der Waals surface area contributed by atoms with Crippen molar-refractivity contribution in [1.29, 1.82) is 0 Å². The lowest BCUT2D eigenvalue weighted by atomic mass is 9.80. The number of fused-ring (bicyclic) bond motifs is 4. The zero-order chi connectivity index (χ0) is 17.4. The first-order chi connectivity index (χ1) is 11.5. The van der Waals surface area contributed by atoms with Gasteiger partial charge in [0, 0.05) is 4.47 Å². The van der Waals surface area contributed by atoms with E-state index < -0.39 is 12.3 Å². The van der Waals surface area contributed by atoms with Crippen molar-refractivity contribution in [3.8, 4) is 0 Å². The van der Waals surface area contributed by atoms with Crippen LogP contribution in [0.5, 0.6) is 0 Å². The molecule has 2 aliphatic rings. The third-order valence-corrected chi connectivity index (χ3v) is 6.61. The Morgan fingerprint density at radius 2 is 2.21 bits per heavy atom. The molecule has 0 aromatic heterocycles. The first-order valence-corrected chi connectivity index (χ1v) is 10.0. The number of hydrogen-bond donors (Lipinski definition) is 0. The summed E-state index contributed by atoms with van der Waals surface area (Å²) in [4.78, 5) is 26.6. The average Bonchev–Trinajstić information content (AvgIpc) is 2.57. The Labute approximate surface area is 163 Å². The summed E-state index contributed by atoms with van der Waals surface area (Å²) >= 11 is 5.85. The minimum absolute atomic E-state index is 0.153. The van der Waals surface area contributed by atoms with Crippen LogP contribution in [0.1, 0.15) is 47.3 Å². The van der Waals surface area contributed by atoms with Crippen LogP contribution in [-0.4, -0.2) is 30.3 Å². The van der Waals surface area contributed by atoms with E-state index in [1.54, 1.807) is 4.90 Å². The third-order valence-electron chi connectivity index (χ3n) is 4.68. The molecule has 2 heterocycles. The molecule has 5 nitrogen and oxygen atoms in total. The van der Waals surface area contributed by atoms with Gasteiger partial charge in [-0.3, -0.25) is 9.69 Å². The molecule has 24 heavy (non-hydrogen) atoms. The van der Waals surface area contributed by atoms with Crippen molar-refractivity contribution in [2.45, 2.75) is 42.4 Å². The minimum Gasteiger partial charge on any atom is -0.453 e. The van der Waals surface area contributed by atoms with E-state index in [-0.39, 0.29) is 21.9 Å². The predicted octanol–water partition coefficient (Wildman–Crippen LogP) is 4.74. The van der Waals surface area contributed by atoms with Gasteiger partial charge < -0.3 is 9.47 Å². The van der Waals surface area contributed by atoms with Crippen LogP contribution in [0, 0.1) is 5.92 Å². The number of esters is 1. The summed E-state index contributed by atoms with van der Waals surface area (Å²) in [6.45, 7) is 2.08. The second kappa shape index (κ2) is 7.19. The van der Waals surface area contributed by atoms with Crippen LogP contribution in [0.2, 0.25) is 0 Å². The zero-order valence-electron chi connectivity index (χ0n) is 13.5. The summed E-state index contributed by atoms with van der Waals surface area (Å²) in [6, 6.07) is 5.59. The highest BCUT2D eigenvalue weighted by atomic mass is 127. The normalized spacial score (nSPS) is 28.2. The standard InChI is InChI=1S/C17H19BrINO4/c1-3-4-6-10-14-9-7-5-8-11(18)12(9)13(19)15(24-16(10)21)20(14)17(22)23-2/h5,7-8,10,13-15H,3-4,6H2,1-2H3/t10-,13+,14-,15-/m1/s1. The molecule has 130 valence electrons. The molecule has 4 atom stereocenters. The van der Waals surface area contributed by atoms with Gasteiger partial charge in [-0.05, 0) is 23.6 Å². The number of halogens is 2. The van der Waals surface area contributed by atoms with Crippen molar-refractivity contribution in [3.63, 3.8) is 0 Å². The Bertz CT molecular complexity index is 668. The number of carbonyl (C=O) groups excluding carboxylic acids is 2. The molecule has 0 saturated carbocycles. The minimum atomic E-state index is -0.639. The van der Waals surface area contributed by atoms with Gasteiger partial charge in [0.1, 0.15) is 0 Å². The molecule has 7 heteroatoms. The lowest BCUT2D eigenvalue weighted by Gasteiger charge is -2.50. The number of methoxy groups -OCH3 is 1. The molecule has 0 radical (unpaired) electrons. The summed E-state index contributed by atoms with van der Waals surface area (Å²) in [7, 11) is 1.36. The van der Waals surface area contributed by atoms with Gasteiger partial charge in [0.05, 0.1) is 23.0 Å². The highest BCUT2D eigenvalue weighted by Crippen LogP contribution is 2.53. The van der Waals surface area contributed by atoms with Crippen LogP contribution in [0.4, 0.5) is 4.79 Å². The molecule has 0 spiro atoms. The molecule has 2 aliphatic heterocycles. The van der Waals surface area contributed by atoms with E-state index in [9.17, 15) is 9.59 Å². The molecular weight excluding hydrogens is 489 g/mol. The molecular formula is C17H19BrINO4. The van der Waals surface area contributed by atoms with Crippen LogP contribution >= 0.6 is 38.5 Å². The summed E-state index contributed by atoms with van der Waals surface area (Å²) < 4.78 is 11.5. The van der Waals surface area contributed by atoms with E-state index in [2.05, 4.69) is 45.4 Å². The largest absolute Gasteiger partial charge is 0.453 e. The Morgan fingerprint density at radius 1 is 1.46 bits per heavy atom. The molecule has 1 fully saturated rings. The Kier molecular flexibility index (Phi) is 5.39. The van der Waals surface area contributed by atoms with Crippen molar-refractivity contribution in [3.05, 3.63) is 33.8 Å². The third kappa shape index (κ3) is 2.83. The smallest absolute Gasteiger partial charge is 0.412 e. The van der Waals surface area contributed by atoms with Crippen LogP contribution in [-0.2, 0) is 14.3 Å². The van der Waals surface area contributed by atoms with Gasteiger partial charge >= 0.3 is 12.1 Å². The van der Waals surface area contributed by atoms with Gasteiger partial charge in [-0.25, -0.2) is 4.79 Å². The van der Waals surface area contributed by atoms with E-state index >= 15 is 0 Å². The van der Waals surface area contributed by atoms with Crippen molar-refractivity contribution in [2.75, 3.05) is 7.11 Å². The SMILES string of the molecule is CCCC[C@H]1C(=O)O[C@@H]2[C@@H](I)c3c(Br)cccc3[C@H]1N2C(=O)OC. The van der Waals surface area contributed by atoms with Gasteiger partial charge in [-0.15, -0.1) is 0 Å². The fourth-order valence-corrected chi connectivity index (χ4v) is 5.82. The van der Waals surface area contributed by atoms with E-state index in [0.29, 0.717) is 6.42 Å². The van der Waals surface area contributed by atoms with Crippen LogP contribution in [0.3, 0.4) is 0 Å². The van der Waals surface area contributed by atoms with E-state index in [1.165, 1.54) is 7.11 Å². The summed E-state index contributed by atoms with van der Waals surface area (Å²) in [6.07, 6.45) is 1.49. The maximum Gasteiger partial charge on any atom is 0.412 e. The van der Waals surface area contributed by atoms with E-state index in [4.69, 9.17) is 9.47 Å². The number of hydrogen-bond acceptors (Lipinski definition) is 4. The molecule has 3 rings (SSSR count). The number of benzene rings is 1. The van der Waals surface area contributed by atoms with Crippen LogP contribution in [0.15, 0.2) is 22.7 Å². The maximum absolute atomic E-state index is 12.6. The number of amides is 1. The molecule has 0 unspecified atom stereocenters. The van der Waals surface area contributed by atoms with Gasteiger partial charge in [-0.2, -0.15) is 0 Å². The average molecular weight is 508 g/mol. The Balaban J connectivity index is 2.15. The number of carbonyl (C=O) groups is 2. The number of nitrogens with zero attached hydrogens (tertiary/aromatic N) is 1. The van der Waals surface area contributed by atoms with Crippen molar-refractivity contribution >= 4 is 50.6 Å². The second-order valence-electron chi connectivity index (χ2n) is 6.04. The van der Waals surface area contributed by atoms with Gasteiger partial charge in [0.15, 0.2) is 6.23 Å². The summed E-state index contributed by atoms with van der Waals surface area (Å²) in [5.74, 6) is -0.580. The maximum atomic E-state index is 12.6. The lowest BCUT2D eigenvalue weighted by molar-refractivity contribution is -0.185. The molecule has 1 saturated heterocycles. The highest BCUT2D eigenvalue weighted by Gasteiger charge is 2.54. The molecule has 0 N–H and O–H groups in total. The van der Waals surface area contributed by atoms with Gasteiger partial charge in [-0.1, -0.05) is 70.4 Å². The lowest BCUT2D eigenvalue weighted by Crippen LogP contribution is -2.58. The number of unbranched alkanes of at least 4 members (excludes halogenated alkanes) is 1. The Hall–Kier alpha value is -0.830. The number of alkyl halides is 1. The van der Waals surface area contributed by atoms with Crippen molar-refractivity contribution in [2.24, 2.45) is 5.92 Å². The van der Waals surface area contributed by atoms with E-state index in [0.717, 1.165) is 28.4 Å². The molecule has 0 aliphatic carbocycles. The van der Waals surface area contributed by atoms with Crippen LogP contribution < -0.4 is 0 Å². The first kappa shape index (κ1) is 18.0. The molecule has 1 aromatic carbocycles. The highest BCUT2D eigenvalue weighted by molar-refractivity contribution is 14.1. The van der Waals surface area contributed by atoms with E-state index in [1.807, 2.05) is 18.2 Å². The predicted molar refractivity (Wildman–Crippen MR) is 101 cm³/mol. The van der Waals surface area contributed by atoms with Crippen molar-refractivity contribution in [1.82, 2.24) is 4.90 Å². The fourth-order valence-electron chi connectivity index (χ4n) is 3.58. The quantitative estimate of drug-likeness (QED) is 0.337. The van der Waals surface area contributed by atoms with Crippen molar-refractivity contribution < 1.29 is 19.1 Å². The molecule has 1 amide bonds. The summed E-state index contributed by atoms with van der Waals surface area (Å²) in [5.41, 5.74) is 2.10.